The Bertz CT molecular complexity index is 308. The molecule has 0 spiro atoms. The lowest BCUT2D eigenvalue weighted by atomic mass is 9.81. The summed E-state index contributed by atoms with van der Waals surface area (Å²) in [5, 5.41) is 3.11. The number of thioether (sulfide) groups is 1. The smallest absolute Gasteiger partial charge is 0.113 e. The average Bonchev–Trinajstić information content (AvgIpc) is 2.52. The molecule has 1 fully saturated rings. The minimum atomic E-state index is -0.194. The van der Waals surface area contributed by atoms with E-state index in [1.807, 2.05) is 23.3 Å². The summed E-state index contributed by atoms with van der Waals surface area (Å²) in [6.45, 7) is 4.57. The van der Waals surface area contributed by atoms with Gasteiger partial charge in [-0.05, 0) is 17.6 Å². The summed E-state index contributed by atoms with van der Waals surface area (Å²) in [6, 6.07) is 0. The van der Waals surface area contributed by atoms with Crippen molar-refractivity contribution in [3.63, 3.8) is 0 Å². The maximum absolute atomic E-state index is 6.43. The van der Waals surface area contributed by atoms with Gasteiger partial charge in [0.15, 0.2) is 0 Å². The van der Waals surface area contributed by atoms with E-state index in [0.717, 1.165) is 17.2 Å². The minimum Gasteiger partial charge on any atom is -0.319 e. The molecule has 14 heavy (non-hydrogen) atoms. The molecule has 1 saturated heterocycles. The van der Waals surface area contributed by atoms with Crippen molar-refractivity contribution in [2.45, 2.75) is 25.8 Å². The summed E-state index contributed by atoms with van der Waals surface area (Å²) in [5.41, 5.74) is 6.57. The molecule has 78 valence electrons. The molecular formula is C10H16N2S2. The van der Waals surface area contributed by atoms with Gasteiger partial charge in [0.1, 0.15) is 5.01 Å². The second kappa shape index (κ2) is 3.51. The molecule has 1 aliphatic rings. The predicted octanol–water partition coefficient (Wildman–Crippen LogP) is 2.46. The lowest BCUT2D eigenvalue weighted by Gasteiger charge is -2.40. The van der Waals surface area contributed by atoms with Crippen LogP contribution in [0.4, 0.5) is 0 Å². The van der Waals surface area contributed by atoms with Crippen LogP contribution >= 0.6 is 23.1 Å². The summed E-state index contributed by atoms with van der Waals surface area (Å²) in [5.74, 6) is 2.21. The van der Waals surface area contributed by atoms with Crippen LogP contribution in [0.1, 0.15) is 25.3 Å². The van der Waals surface area contributed by atoms with Crippen LogP contribution in [0.15, 0.2) is 11.6 Å². The molecule has 0 amide bonds. The Morgan fingerprint density at radius 1 is 1.43 bits per heavy atom. The molecule has 1 aromatic heterocycles. The third-order valence-corrected chi connectivity index (χ3v) is 5.20. The van der Waals surface area contributed by atoms with Crippen LogP contribution < -0.4 is 5.73 Å². The van der Waals surface area contributed by atoms with E-state index in [-0.39, 0.29) is 5.54 Å². The fraction of sp³-hybridized carbons (Fsp3) is 0.700. The largest absolute Gasteiger partial charge is 0.319 e. The van der Waals surface area contributed by atoms with Crippen molar-refractivity contribution in [1.29, 1.82) is 0 Å². The molecule has 0 aliphatic carbocycles. The highest BCUT2D eigenvalue weighted by Gasteiger charge is 2.40. The Morgan fingerprint density at radius 2 is 2.21 bits per heavy atom. The number of nitrogens with two attached hydrogens (primary N) is 1. The fourth-order valence-corrected chi connectivity index (χ4v) is 4.27. The van der Waals surface area contributed by atoms with Crippen LogP contribution in [-0.2, 0) is 5.54 Å². The van der Waals surface area contributed by atoms with Gasteiger partial charge in [0.25, 0.3) is 0 Å². The van der Waals surface area contributed by atoms with Gasteiger partial charge in [0.2, 0.25) is 0 Å². The molecule has 1 aromatic rings. The third-order valence-electron chi connectivity index (χ3n) is 2.50. The van der Waals surface area contributed by atoms with Crippen LogP contribution in [0.2, 0.25) is 0 Å². The zero-order valence-electron chi connectivity index (χ0n) is 8.62. The maximum atomic E-state index is 6.43. The minimum absolute atomic E-state index is 0.194. The van der Waals surface area contributed by atoms with Crippen molar-refractivity contribution in [2.24, 2.45) is 11.1 Å². The number of hydrogen-bond acceptors (Lipinski definition) is 4. The van der Waals surface area contributed by atoms with Crippen molar-refractivity contribution >= 4 is 23.1 Å². The fourth-order valence-electron chi connectivity index (χ4n) is 2.07. The van der Waals surface area contributed by atoms with Gasteiger partial charge < -0.3 is 5.73 Å². The highest BCUT2D eigenvalue weighted by molar-refractivity contribution is 7.99. The van der Waals surface area contributed by atoms with Gasteiger partial charge in [0, 0.05) is 17.3 Å². The predicted molar refractivity (Wildman–Crippen MR) is 63.7 cm³/mol. The zero-order chi connectivity index (χ0) is 10.2. The molecule has 0 radical (unpaired) electrons. The van der Waals surface area contributed by atoms with E-state index in [2.05, 4.69) is 18.8 Å². The van der Waals surface area contributed by atoms with Gasteiger partial charge in [-0.2, -0.15) is 11.8 Å². The topological polar surface area (TPSA) is 38.9 Å². The van der Waals surface area contributed by atoms with E-state index in [1.54, 1.807) is 11.3 Å². The summed E-state index contributed by atoms with van der Waals surface area (Å²) >= 11 is 3.63. The van der Waals surface area contributed by atoms with E-state index in [4.69, 9.17) is 5.73 Å². The summed E-state index contributed by atoms with van der Waals surface area (Å²) in [4.78, 5) is 4.36. The Morgan fingerprint density at radius 3 is 2.79 bits per heavy atom. The van der Waals surface area contributed by atoms with Crippen molar-refractivity contribution < 1.29 is 0 Å². The van der Waals surface area contributed by atoms with E-state index in [9.17, 15) is 0 Å². The Kier molecular flexibility index (Phi) is 2.62. The Labute approximate surface area is 93.3 Å². The molecule has 4 heteroatoms. The molecular weight excluding hydrogens is 212 g/mol. The van der Waals surface area contributed by atoms with Crippen LogP contribution in [0.25, 0.3) is 0 Å². The molecule has 2 heterocycles. The highest BCUT2D eigenvalue weighted by atomic mass is 32.2. The molecule has 1 unspecified atom stereocenters. The van der Waals surface area contributed by atoms with E-state index in [0.29, 0.717) is 5.41 Å². The first-order valence-electron chi connectivity index (χ1n) is 4.79. The molecule has 2 nitrogen and oxygen atoms in total. The molecule has 0 aromatic carbocycles. The van der Waals surface area contributed by atoms with Crippen molar-refractivity contribution in [2.75, 3.05) is 11.5 Å². The second-order valence-electron chi connectivity index (χ2n) is 4.83. The Hall–Kier alpha value is -0.0600. The summed E-state index contributed by atoms with van der Waals surface area (Å²) in [7, 11) is 0. The number of hydrogen-bond donors (Lipinski definition) is 1. The maximum Gasteiger partial charge on any atom is 0.113 e. The molecule has 2 N–H and O–H groups in total. The monoisotopic (exact) mass is 228 g/mol. The van der Waals surface area contributed by atoms with Gasteiger partial charge >= 0.3 is 0 Å². The third kappa shape index (κ3) is 1.97. The Balaban J connectivity index is 2.24. The lowest BCUT2D eigenvalue weighted by molar-refractivity contribution is 0.271. The van der Waals surface area contributed by atoms with Crippen LogP contribution in [0, 0.1) is 5.41 Å². The SMILES string of the molecule is CC1(C)CSCC(N)(c2nccs2)C1. The first-order chi connectivity index (χ1) is 6.52. The van der Waals surface area contributed by atoms with Gasteiger partial charge in [-0.25, -0.2) is 4.98 Å². The molecule has 1 atom stereocenters. The molecule has 1 aliphatic heterocycles. The van der Waals surface area contributed by atoms with Gasteiger partial charge in [0.05, 0.1) is 5.54 Å². The zero-order valence-corrected chi connectivity index (χ0v) is 10.3. The average molecular weight is 228 g/mol. The van der Waals surface area contributed by atoms with Crippen molar-refractivity contribution in [3.8, 4) is 0 Å². The second-order valence-corrected chi connectivity index (χ2v) is 6.71. The number of rotatable bonds is 1. The normalized spacial score (nSPS) is 31.6. The summed E-state index contributed by atoms with van der Waals surface area (Å²) < 4.78 is 0. The quantitative estimate of drug-likeness (QED) is 0.802. The van der Waals surface area contributed by atoms with Crippen molar-refractivity contribution in [3.05, 3.63) is 16.6 Å². The van der Waals surface area contributed by atoms with Gasteiger partial charge in [-0.1, -0.05) is 13.8 Å². The van der Waals surface area contributed by atoms with Crippen LogP contribution in [-0.4, -0.2) is 16.5 Å². The molecule has 0 saturated carbocycles. The number of thiazole rings is 1. The number of nitrogens with zero attached hydrogens (tertiary/aromatic N) is 1. The van der Waals surface area contributed by atoms with Crippen molar-refractivity contribution in [1.82, 2.24) is 4.98 Å². The first kappa shape index (κ1) is 10.5. The van der Waals surface area contributed by atoms with E-state index in [1.165, 1.54) is 5.75 Å². The van der Waals surface area contributed by atoms with Gasteiger partial charge in [-0.3, -0.25) is 0 Å². The van der Waals surface area contributed by atoms with Gasteiger partial charge in [-0.15, -0.1) is 11.3 Å². The summed E-state index contributed by atoms with van der Waals surface area (Å²) in [6.07, 6.45) is 2.89. The van der Waals surface area contributed by atoms with E-state index >= 15 is 0 Å². The van der Waals surface area contributed by atoms with Crippen LogP contribution in [0.3, 0.4) is 0 Å². The lowest BCUT2D eigenvalue weighted by Crippen LogP contribution is -2.47. The van der Waals surface area contributed by atoms with E-state index < -0.39 is 0 Å². The van der Waals surface area contributed by atoms with Crippen LogP contribution in [0.5, 0.6) is 0 Å². The standard InChI is InChI=1S/C10H16N2S2/c1-9(2)5-10(11,7-13-6-9)8-12-3-4-14-8/h3-4H,5-7,11H2,1-2H3. The first-order valence-corrected chi connectivity index (χ1v) is 6.82. The molecule has 0 bridgehead atoms. The molecule has 2 rings (SSSR count). The number of aromatic nitrogens is 1. The highest BCUT2D eigenvalue weighted by Crippen LogP contribution is 2.43.